The molecule has 0 spiro atoms. The second-order valence-corrected chi connectivity index (χ2v) is 6.21. The number of aromatic nitrogens is 1. The van der Waals surface area contributed by atoms with E-state index in [9.17, 15) is 18.4 Å². The summed E-state index contributed by atoms with van der Waals surface area (Å²) in [4.78, 5) is 27.8. The molecule has 0 bridgehead atoms. The lowest BCUT2D eigenvalue weighted by Gasteiger charge is -2.38. The molecule has 1 saturated heterocycles. The van der Waals surface area contributed by atoms with Crippen LogP contribution in [0, 0.1) is 6.92 Å². The van der Waals surface area contributed by atoms with Gasteiger partial charge in [0.15, 0.2) is 0 Å². The van der Waals surface area contributed by atoms with Crippen molar-refractivity contribution in [2.45, 2.75) is 25.8 Å². The monoisotopic (exact) mass is 313 g/mol. The molecule has 1 fully saturated rings. The van der Waals surface area contributed by atoms with Crippen LogP contribution >= 0.6 is 0 Å². The molecule has 2 rings (SSSR count). The normalized spacial score (nSPS) is 18.2. The fourth-order valence-corrected chi connectivity index (χ4v) is 2.68. The number of hydrogen-bond donors (Lipinski definition) is 0. The van der Waals surface area contributed by atoms with Crippen LogP contribution in [-0.4, -0.2) is 59.9 Å². The second-order valence-electron chi connectivity index (χ2n) is 6.21. The average Bonchev–Trinajstić information content (AvgIpc) is 2.34. The van der Waals surface area contributed by atoms with Gasteiger partial charge in [-0.1, -0.05) is 0 Å². The molecule has 0 aromatic carbocycles. The first-order chi connectivity index (χ1) is 10.1. The van der Waals surface area contributed by atoms with Crippen LogP contribution in [0.15, 0.2) is 17.1 Å². The van der Waals surface area contributed by atoms with Gasteiger partial charge < -0.3 is 14.4 Å². The van der Waals surface area contributed by atoms with E-state index in [1.165, 1.54) is 4.57 Å². The molecule has 7 heteroatoms. The average molecular weight is 313 g/mol. The summed E-state index contributed by atoms with van der Waals surface area (Å²) in [5, 5.41) is 0. The minimum atomic E-state index is -2.84. The summed E-state index contributed by atoms with van der Waals surface area (Å²) in [5.74, 6) is -3.45. The van der Waals surface area contributed by atoms with Gasteiger partial charge in [0.05, 0.1) is 13.1 Å². The van der Waals surface area contributed by atoms with E-state index < -0.39 is 30.5 Å². The van der Waals surface area contributed by atoms with Gasteiger partial charge in [-0.25, -0.2) is 8.78 Å². The van der Waals surface area contributed by atoms with Crippen molar-refractivity contribution in [1.29, 1.82) is 0 Å². The Labute approximate surface area is 128 Å². The van der Waals surface area contributed by atoms with Crippen molar-refractivity contribution in [3.05, 3.63) is 33.7 Å². The molecular weight excluding hydrogens is 292 g/mol. The third-order valence-corrected chi connectivity index (χ3v) is 3.78. The molecule has 1 aromatic rings. The third kappa shape index (κ3) is 3.19. The Morgan fingerprint density at radius 3 is 2.50 bits per heavy atom. The van der Waals surface area contributed by atoms with Gasteiger partial charge in [-0.15, -0.1) is 0 Å². The molecule has 5 nitrogen and oxygen atoms in total. The SMILES string of the molecule is Cc1ccn(C(C)CN(C)C)c(=O)c1C(=O)N1CC(F)(F)C1. The van der Waals surface area contributed by atoms with Crippen molar-refractivity contribution in [2.75, 3.05) is 33.7 Å². The predicted molar refractivity (Wildman–Crippen MR) is 79.6 cm³/mol. The zero-order chi connectivity index (χ0) is 16.7. The molecule has 1 unspecified atom stereocenters. The van der Waals surface area contributed by atoms with Crippen LogP contribution < -0.4 is 5.56 Å². The van der Waals surface area contributed by atoms with Gasteiger partial charge in [0.2, 0.25) is 0 Å². The fraction of sp³-hybridized carbons (Fsp3) is 0.600. The molecule has 1 atom stereocenters. The highest BCUT2D eigenvalue weighted by Gasteiger charge is 2.47. The highest BCUT2D eigenvalue weighted by molar-refractivity contribution is 5.95. The summed E-state index contributed by atoms with van der Waals surface area (Å²) in [6, 6.07) is 1.56. The molecule has 0 saturated carbocycles. The molecule has 22 heavy (non-hydrogen) atoms. The highest BCUT2D eigenvalue weighted by Crippen LogP contribution is 2.28. The first kappa shape index (κ1) is 16.6. The number of nitrogens with zero attached hydrogens (tertiary/aromatic N) is 3. The van der Waals surface area contributed by atoms with E-state index in [0.29, 0.717) is 12.1 Å². The molecule has 1 aliphatic rings. The predicted octanol–water partition coefficient (Wildman–Crippen LogP) is 1.37. The number of carbonyl (C=O) groups is 1. The quantitative estimate of drug-likeness (QED) is 0.843. The molecule has 0 radical (unpaired) electrons. The highest BCUT2D eigenvalue weighted by atomic mass is 19.3. The number of hydrogen-bond acceptors (Lipinski definition) is 3. The number of carbonyl (C=O) groups excluding carboxylic acids is 1. The van der Waals surface area contributed by atoms with E-state index >= 15 is 0 Å². The Balaban J connectivity index is 2.32. The molecule has 1 aliphatic heterocycles. The minimum Gasteiger partial charge on any atom is -0.326 e. The largest absolute Gasteiger partial charge is 0.326 e. The number of alkyl halides is 2. The lowest BCUT2D eigenvalue weighted by atomic mass is 10.1. The summed E-state index contributed by atoms with van der Waals surface area (Å²) >= 11 is 0. The van der Waals surface area contributed by atoms with Gasteiger partial charge in [-0.05, 0) is 39.6 Å². The van der Waals surface area contributed by atoms with Gasteiger partial charge in [0, 0.05) is 18.8 Å². The topological polar surface area (TPSA) is 45.6 Å². The standard InChI is InChI=1S/C15H21F2N3O2/c1-10-5-6-20(11(2)7-18(3)4)14(22)12(10)13(21)19-8-15(16,17)9-19/h5-6,11H,7-9H2,1-4H3. The lowest BCUT2D eigenvalue weighted by molar-refractivity contribution is -0.113. The van der Waals surface area contributed by atoms with Gasteiger partial charge in [0.25, 0.3) is 17.4 Å². The van der Waals surface area contributed by atoms with Gasteiger partial charge in [0.1, 0.15) is 5.56 Å². The van der Waals surface area contributed by atoms with Gasteiger partial charge >= 0.3 is 0 Å². The van der Waals surface area contributed by atoms with E-state index in [1.54, 1.807) is 19.2 Å². The van der Waals surface area contributed by atoms with Crippen molar-refractivity contribution >= 4 is 5.91 Å². The van der Waals surface area contributed by atoms with Crippen LogP contribution in [0.5, 0.6) is 0 Å². The molecule has 1 aromatic heterocycles. The number of likely N-dealkylation sites (tertiary alicyclic amines) is 1. The van der Waals surface area contributed by atoms with Crippen molar-refractivity contribution in [3.8, 4) is 0 Å². The third-order valence-electron chi connectivity index (χ3n) is 3.78. The van der Waals surface area contributed by atoms with E-state index in [1.807, 2.05) is 25.9 Å². The van der Waals surface area contributed by atoms with Gasteiger partial charge in [-0.2, -0.15) is 0 Å². The van der Waals surface area contributed by atoms with E-state index in [0.717, 1.165) is 4.90 Å². The molecule has 1 amide bonds. The van der Waals surface area contributed by atoms with Crippen molar-refractivity contribution in [1.82, 2.24) is 14.4 Å². The molecule has 0 N–H and O–H groups in total. The summed E-state index contributed by atoms with van der Waals surface area (Å²) in [6.45, 7) is 2.92. The van der Waals surface area contributed by atoms with Crippen LogP contribution in [0.4, 0.5) is 8.78 Å². The van der Waals surface area contributed by atoms with Crippen LogP contribution in [0.25, 0.3) is 0 Å². The van der Waals surface area contributed by atoms with Crippen molar-refractivity contribution in [3.63, 3.8) is 0 Å². The molecule has 2 heterocycles. The van der Waals surface area contributed by atoms with Crippen LogP contribution in [0.3, 0.4) is 0 Å². The number of halogens is 2. The second kappa shape index (κ2) is 5.79. The Bertz CT molecular complexity index is 632. The van der Waals surface area contributed by atoms with Crippen LogP contribution in [0.2, 0.25) is 0 Å². The molecule has 122 valence electrons. The first-order valence-electron chi connectivity index (χ1n) is 7.16. The Morgan fingerprint density at radius 2 is 2.00 bits per heavy atom. The van der Waals surface area contributed by atoms with E-state index in [-0.39, 0.29) is 11.6 Å². The van der Waals surface area contributed by atoms with Crippen molar-refractivity contribution < 1.29 is 13.6 Å². The minimum absolute atomic E-state index is 0.0105. The Kier molecular flexibility index (Phi) is 4.37. The number of rotatable bonds is 4. The van der Waals surface area contributed by atoms with E-state index in [4.69, 9.17) is 0 Å². The fourth-order valence-electron chi connectivity index (χ4n) is 2.68. The zero-order valence-corrected chi connectivity index (χ0v) is 13.3. The zero-order valence-electron chi connectivity index (χ0n) is 13.3. The number of likely N-dealkylation sites (N-methyl/N-ethyl adjacent to an activating group) is 1. The summed E-state index contributed by atoms with van der Waals surface area (Å²) in [6.07, 6.45) is 1.65. The van der Waals surface area contributed by atoms with Crippen LogP contribution in [0.1, 0.15) is 28.9 Å². The lowest BCUT2D eigenvalue weighted by Crippen LogP contribution is -2.59. The summed E-state index contributed by atoms with van der Waals surface area (Å²) < 4.78 is 27.4. The summed E-state index contributed by atoms with van der Waals surface area (Å²) in [7, 11) is 3.79. The first-order valence-corrected chi connectivity index (χ1v) is 7.16. The number of pyridine rings is 1. The Hall–Kier alpha value is -1.76. The maximum Gasteiger partial charge on any atom is 0.282 e. The maximum atomic E-state index is 12.9. The summed E-state index contributed by atoms with van der Waals surface area (Å²) in [5.41, 5.74) is 0.0803. The Morgan fingerprint density at radius 1 is 1.41 bits per heavy atom. The van der Waals surface area contributed by atoms with Crippen LogP contribution in [-0.2, 0) is 0 Å². The molecular formula is C15H21F2N3O2. The smallest absolute Gasteiger partial charge is 0.282 e. The number of amides is 1. The molecule has 0 aliphatic carbocycles. The van der Waals surface area contributed by atoms with Crippen molar-refractivity contribution in [2.24, 2.45) is 0 Å². The van der Waals surface area contributed by atoms with Gasteiger partial charge in [-0.3, -0.25) is 9.59 Å². The maximum absolute atomic E-state index is 12.9. The van der Waals surface area contributed by atoms with E-state index in [2.05, 4.69) is 0 Å². The number of aryl methyl sites for hydroxylation is 1.